The maximum Gasteiger partial charge on any atom is 0.0905 e. The van der Waals surface area contributed by atoms with E-state index in [-0.39, 0.29) is 5.41 Å². The third-order valence-corrected chi connectivity index (χ3v) is 8.38. The lowest BCUT2D eigenvalue weighted by molar-refractivity contribution is 0.562. The van der Waals surface area contributed by atoms with E-state index >= 15 is 0 Å². The van der Waals surface area contributed by atoms with Crippen molar-refractivity contribution in [1.82, 2.24) is 9.97 Å². The van der Waals surface area contributed by atoms with Gasteiger partial charge in [-0.1, -0.05) is 106 Å². The zero-order chi connectivity index (χ0) is 24.9. The molecule has 4 aromatic carbocycles. The van der Waals surface area contributed by atoms with Gasteiger partial charge in [-0.3, -0.25) is 9.97 Å². The van der Waals surface area contributed by atoms with Crippen molar-refractivity contribution in [3.8, 4) is 22.4 Å². The first-order chi connectivity index (χ1) is 18.0. The molecule has 0 bridgehead atoms. The summed E-state index contributed by atoms with van der Waals surface area (Å²) in [6, 6.07) is 35.6. The average molecular weight is 475 g/mol. The molecule has 0 saturated carbocycles. The quantitative estimate of drug-likeness (QED) is 0.220. The summed E-state index contributed by atoms with van der Waals surface area (Å²) in [5, 5.41) is 4.88. The van der Waals surface area contributed by atoms with Crippen LogP contribution in [0.5, 0.6) is 0 Å². The molecule has 2 nitrogen and oxygen atoms in total. The number of hydrogen-bond acceptors (Lipinski definition) is 2. The minimum atomic E-state index is -0.529. The fraction of sp³-hybridized carbons (Fsp3) is 0.143. The zero-order valence-corrected chi connectivity index (χ0v) is 21.2. The number of nitrogens with zero attached hydrogens (tertiary/aromatic N) is 2. The van der Waals surface area contributed by atoms with Crippen molar-refractivity contribution in [2.75, 3.05) is 0 Å². The number of rotatable bonds is 0. The molecule has 37 heavy (non-hydrogen) atoms. The van der Waals surface area contributed by atoms with Gasteiger partial charge in [-0.25, -0.2) is 0 Å². The summed E-state index contributed by atoms with van der Waals surface area (Å²) in [6.45, 7) is 6.77. The highest BCUT2D eigenvalue weighted by Crippen LogP contribution is 2.62. The summed E-state index contributed by atoms with van der Waals surface area (Å²) in [6.07, 6.45) is 1.96. The number of aromatic nitrogens is 2. The van der Waals surface area contributed by atoms with Gasteiger partial charge < -0.3 is 0 Å². The van der Waals surface area contributed by atoms with E-state index < -0.39 is 5.41 Å². The Hall–Kier alpha value is -4.30. The summed E-state index contributed by atoms with van der Waals surface area (Å²) in [5.41, 5.74) is 10.3. The molecule has 2 aliphatic rings. The Morgan fingerprint density at radius 3 is 2.05 bits per heavy atom. The molecule has 0 amide bonds. The molecule has 0 N–H and O–H groups in total. The minimum absolute atomic E-state index is 0.0913. The Morgan fingerprint density at radius 1 is 0.649 bits per heavy atom. The first kappa shape index (κ1) is 20.8. The molecule has 0 unspecified atom stereocenters. The van der Waals surface area contributed by atoms with Gasteiger partial charge in [-0.2, -0.15) is 0 Å². The van der Waals surface area contributed by atoms with Gasteiger partial charge in [0.05, 0.1) is 16.8 Å². The van der Waals surface area contributed by atoms with Crippen LogP contribution in [-0.2, 0) is 10.8 Å². The van der Waals surface area contributed by atoms with E-state index in [0.717, 1.165) is 17.1 Å². The van der Waals surface area contributed by atoms with Gasteiger partial charge >= 0.3 is 0 Å². The second-order valence-corrected chi connectivity index (χ2v) is 11.4. The van der Waals surface area contributed by atoms with E-state index in [4.69, 9.17) is 9.97 Å². The van der Waals surface area contributed by atoms with E-state index in [1.807, 2.05) is 6.20 Å². The fourth-order valence-electron chi connectivity index (χ4n) is 6.81. The van der Waals surface area contributed by atoms with Crippen molar-refractivity contribution < 1.29 is 0 Å². The Morgan fingerprint density at radius 2 is 1.32 bits per heavy atom. The van der Waals surface area contributed by atoms with Crippen LogP contribution in [0.2, 0.25) is 0 Å². The fourth-order valence-corrected chi connectivity index (χ4v) is 6.81. The number of hydrogen-bond donors (Lipinski definition) is 0. The van der Waals surface area contributed by atoms with Crippen molar-refractivity contribution >= 4 is 21.5 Å². The van der Waals surface area contributed by atoms with Gasteiger partial charge in [-0.15, -0.1) is 0 Å². The second kappa shape index (κ2) is 6.92. The van der Waals surface area contributed by atoms with Crippen LogP contribution in [0.3, 0.4) is 0 Å². The van der Waals surface area contributed by atoms with E-state index in [9.17, 15) is 0 Å². The molecular formula is C35H26N2. The van der Waals surface area contributed by atoms with E-state index in [0.29, 0.717) is 0 Å². The highest BCUT2D eigenvalue weighted by atomic mass is 14.8. The molecule has 6 aromatic rings. The first-order valence-corrected chi connectivity index (χ1v) is 13.0. The monoisotopic (exact) mass is 474 g/mol. The molecule has 2 aromatic heterocycles. The maximum atomic E-state index is 5.60. The third-order valence-electron chi connectivity index (χ3n) is 8.38. The SMILES string of the molecule is CC(C)(C)c1cc2ccnc3c2c(n1)C1(c2ccccc2-c2ccccc21)c1c-3ccc2ccccc12. The first-order valence-electron chi connectivity index (χ1n) is 13.0. The third kappa shape index (κ3) is 2.50. The molecule has 2 heterocycles. The lowest BCUT2D eigenvalue weighted by atomic mass is 9.63. The molecule has 8 rings (SSSR count). The highest BCUT2D eigenvalue weighted by molar-refractivity contribution is 6.09. The molecule has 0 aliphatic heterocycles. The van der Waals surface area contributed by atoms with E-state index in [1.165, 1.54) is 54.9 Å². The van der Waals surface area contributed by atoms with Crippen molar-refractivity contribution in [1.29, 1.82) is 0 Å². The Kier molecular flexibility index (Phi) is 3.90. The molecule has 2 aliphatic carbocycles. The van der Waals surface area contributed by atoms with Crippen LogP contribution in [0.25, 0.3) is 43.9 Å². The van der Waals surface area contributed by atoms with Crippen molar-refractivity contribution in [3.05, 3.63) is 131 Å². The minimum Gasteiger partial charge on any atom is -0.256 e. The van der Waals surface area contributed by atoms with E-state index in [2.05, 4.69) is 118 Å². The summed E-state index contributed by atoms with van der Waals surface area (Å²) in [7, 11) is 0. The van der Waals surface area contributed by atoms with Crippen LogP contribution in [0.15, 0.2) is 103 Å². The number of benzene rings is 4. The predicted molar refractivity (Wildman–Crippen MR) is 152 cm³/mol. The highest BCUT2D eigenvalue weighted by Gasteiger charge is 2.52. The summed E-state index contributed by atoms with van der Waals surface area (Å²) in [4.78, 5) is 10.6. The van der Waals surface area contributed by atoms with Crippen LogP contribution in [0.4, 0.5) is 0 Å². The zero-order valence-electron chi connectivity index (χ0n) is 21.2. The summed E-state index contributed by atoms with van der Waals surface area (Å²) >= 11 is 0. The predicted octanol–water partition coefficient (Wildman–Crippen LogP) is 8.42. The summed E-state index contributed by atoms with van der Waals surface area (Å²) in [5.74, 6) is 0. The second-order valence-electron chi connectivity index (χ2n) is 11.4. The molecule has 0 radical (unpaired) electrons. The number of fused-ring (bicyclic) bond motifs is 11. The maximum absolute atomic E-state index is 5.60. The molecule has 2 heteroatoms. The van der Waals surface area contributed by atoms with Gasteiger partial charge in [0.1, 0.15) is 0 Å². The molecule has 0 atom stereocenters. The van der Waals surface area contributed by atoms with Crippen LogP contribution < -0.4 is 0 Å². The average Bonchev–Trinajstić information content (AvgIpc) is 3.21. The van der Waals surface area contributed by atoms with Crippen LogP contribution in [0.1, 0.15) is 48.8 Å². The largest absolute Gasteiger partial charge is 0.256 e. The molecule has 1 spiro atoms. The lowest BCUT2D eigenvalue weighted by Gasteiger charge is -2.40. The lowest BCUT2D eigenvalue weighted by Crippen LogP contribution is -2.34. The standard InChI is InChI=1S/C35H26N2/c1-34(2,3)29-20-22-18-19-36-32-26-17-16-21-10-4-5-11-23(21)31(26)35(33(37-29)30(22)32)27-14-8-6-12-24(27)25-13-7-9-15-28(25)35/h4-20H,1-3H3. The summed E-state index contributed by atoms with van der Waals surface area (Å²) < 4.78 is 0. The van der Waals surface area contributed by atoms with Gasteiger partial charge in [0, 0.05) is 28.3 Å². The molecule has 0 saturated heterocycles. The van der Waals surface area contributed by atoms with Crippen molar-refractivity contribution in [2.45, 2.75) is 31.6 Å². The van der Waals surface area contributed by atoms with E-state index in [1.54, 1.807) is 0 Å². The van der Waals surface area contributed by atoms with Gasteiger partial charge in [0.2, 0.25) is 0 Å². The van der Waals surface area contributed by atoms with Gasteiger partial charge in [0.15, 0.2) is 0 Å². The van der Waals surface area contributed by atoms with Crippen LogP contribution in [-0.4, -0.2) is 9.97 Å². The van der Waals surface area contributed by atoms with Gasteiger partial charge in [-0.05, 0) is 56.1 Å². The Bertz CT molecular complexity index is 1880. The van der Waals surface area contributed by atoms with Crippen molar-refractivity contribution in [2.24, 2.45) is 0 Å². The topological polar surface area (TPSA) is 25.8 Å². The number of pyridine rings is 2. The van der Waals surface area contributed by atoms with Gasteiger partial charge in [0.25, 0.3) is 0 Å². The van der Waals surface area contributed by atoms with Crippen molar-refractivity contribution in [3.63, 3.8) is 0 Å². The Labute approximate surface area is 216 Å². The smallest absolute Gasteiger partial charge is 0.0905 e. The Balaban J connectivity index is 1.71. The van der Waals surface area contributed by atoms with Crippen LogP contribution >= 0.6 is 0 Å². The molecular weight excluding hydrogens is 448 g/mol. The normalized spacial score (nSPS) is 14.6. The molecule has 0 fully saturated rings. The molecule has 176 valence electrons. The van der Waals surface area contributed by atoms with Crippen LogP contribution in [0, 0.1) is 0 Å².